The minimum Gasteiger partial charge on any atom is -0.508 e. The smallest absolute Gasteiger partial charge is 0.416 e. The van der Waals surface area contributed by atoms with E-state index < -0.39 is 11.7 Å². The maximum atomic E-state index is 12.9. The number of aromatic hydroxyl groups is 1. The van der Waals surface area contributed by atoms with Crippen LogP contribution in [0.5, 0.6) is 5.75 Å². The van der Waals surface area contributed by atoms with E-state index in [2.05, 4.69) is 0 Å². The van der Waals surface area contributed by atoms with Gasteiger partial charge in [0.25, 0.3) is 0 Å². The molecule has 0 aliphatic carbocycles. The van der Waals surface area contributed by atoms with Crippen molar-refractivity contribution in [3.63, 3.8) is 0 Å². The predicted molar refractivity (Wildman–Crippen MR) is 61.2 cm³/mol. The first-order chi connectivity index (χ1) is 7.77. The zero-order valence-electron chi connectivity index (χ0n) is 10.2. The van der Waals surface area contributed by atoms with Crippen LogP contribution < -0.4 is 0 Å². The summed E-state index contributed by atoms with van der Waals surface area (Å²) in [5, 5.41) is 9.69. The molecular formula is C13H17F3O. The molecule has 0 bridgehead atoms. The van der Waals surface area contributed by atoms with Crippen molar-refractivity contribution in [3.8, 4) is 5.75 Å². The molecule has 96 valence electrons. The lowest BCUT2D eigenvalue weighted by Gasteiger charge is -2.18. The second-order valence-corrected chi connectivity index (χ2v) is 4.47. The Bertz CT molecular complexity index is 394. The molecule has 1 aromatic rings. The van der Waals surface area contributed by atoms with Crippen molar-refractivity contribution in [3.05, 3.63) is 28.8 Å². The highest BCUT2D eigenvalue weighted by Crippen LogP contribution is 2.38. The van der Waals surface area contributed by atoms with Gasteiger partial charge in [0, 0.05) is 0 Å². The van der Waals surface area contributed by atoms with E-state index in [1.54, 1.807) is 13.8 Å². The molecule has 0 fully saturated rings. The fourth-order valence-corrected chi connectivity index (χ4v) is 1.84. The molecule has 1 aromatic carbocycles. The van der Waals surface area contributed by atoms with Crippen LogP contribution in [0.3, 0.4) is 0 Å². The molecule has 0 radical (unpaired) electrons. The molecule has 0 aliphatic heterocycles. The largest absolute Gasteiger partial charge is 0.508 e. The number of alkyl halides is 3. The molecule has 1 nitrogen and oxygen atoms in total. The molecule has 1 N–H and O–H groups in total. The molecule has 17 heavy (non-hydrogen) atoms. The Morgan fingerprint density at radius 3 is 2.24 bits per heavy atom. The third kappa shape index (κ3) is 3.14. The zero-order chi connectivity index (χ0) is 13.2. The lowest BCUT2D eigenvalue weighted by Crippen LogP contribution is -2.11. The molecule has 0 amide bonds. The van der Waals surface area contributed by atoms with Gasteiger partial charge in [0.1, 0.15) is 5.75 Å². The maximum absolute atomic E-state index is 12.9. The van der Waals surface area contributed by atoms with Gasteiger partial charge in [-0.25, -0.2) is 0 Å². The highest BCUT2D eigenvalue weighted by Gasteiger charge is 2.34. The van der Waals surface area contributed by atoms with Crippen molar-refractivity contribution in [1.82, 2.24) is 0 Å². The van der Waals surface area contributed by atoms with Crippen LogP contribution in [0, 0.1) is 0 Å². The van der Waals surface area contributed by atoms with Crippen LogP contribution in [-0.2, 0) is 12.6 Å². The summed E-state index contributed by atoms with van der Waals surface area (Å²) in [7, 11) is 0. The van der Waals surface area contributed by atoms with Crippen LogP contribution >= 0.6 is 0 Å². The van der Waals surface area contributed by atoms with Gasteiger partial charge in [-0.3, -0.25) is 0 Å². The molecule has 0 unspecified atom stereocenters. The fraction of sp³-hybridized carbons (Fsp3) is 0.538. The number of rotatable bonds is 3. The van der Waals surface area contributed by atoms with Crippen LogP contribution in [0.15, 0.2) is 12.1 Å². The third-order valence-electron chi connectivity index (χ3n) is 2.70. The van der Waals surface area contributed by atoms with Crippen LogP contribution in [0.2, 0.25) is 0 Å². The molecule has 0 aliphatic rings. The van der Waals surface area contributed by atoms with Crippen molar-refractivity contribution < 1.29 is 18.3 Å². The van der Waals surface area contributed by atoms with Crippen molar-refractivity contribution in [1.29, 1.82) is 0 Å². The molecule has 0 aromatic heterocycles. The van der Waals surface area contributed by atoms with Crippen LogP contribution in [0.4, 0.5) is 13.2 Å². The Kier molecular flexibility index (Phi) is 4.07. The van der Waals surface area contributed by atoms with E-state index in [1.807, 2.05) is 6.92 Å². The monoisotopic (exact) mass is 246 g/mol. The van der Waals surface area contributed by atoms with Crippen molar-refractivity contribution in [2.75, 3.05) is 0 Å². The molecule has 0 saturated carbocycles. The molecule has 0 saturated heterocycles. The van der Waals surface area contributed by atoms with Gasteiger partial charge in [0.2, 0.25) is 0 Å². The Labute approximate surface area is 99.3 Å². The lowest BCUT2D eigenvalue weighted by molar-refractivity contribution is -0.138. The number of benzene rings is 1. The van der Waals surface area contributed by atoms with E-state index in [4.69, 9.17) is 0 Å². The van der Waals surface area contributed by atoms with Crippen molar-refractivity contribution in [2.45, 2.75) is 45.7 Å². The summed E-state index contributed by atoms with van der Waals surface area (Å²) in [6.07, 6.45) is -3.21. The summed E-state index contributed by atoms with van der Waals surface area (Å²) in [4.78, 5) is 0. The Morgan fingerprint density at radius 2 is 1.82 bits per heavy atom. The predicted octanol–water partition coefficient (Wildman–Crippen LogP) is 4.49. The highest BCUT2D eigenvalue weighted by molar-refractivity contribution is 5.44. The normalized spacial score (nSPS) is 12.2. The maximum Gasteiger partial charge on any atom is 0.416 e. The number of phenolic OH excluding ortho intramolecular Hbond substituents is 1. The number of phenols is 1. The molecule has 1 rings (SSSR count). The number of hydrogen-bond donors (Lipinski definition) is 1. The Morgan fingerprint density at radius 1 is 1.24 bits per heavy atom. The molecule has 0 spiro atoms. The summed E-state index contributed by atoms with van der Waals surface area (Å²) in [5.41, 5.74) is -0.118. The van der Waals surface area contributed by atoms with Gasteiger partial charge >= 0.3 is 6.18 Å². The topological polar surface area (TPSA) is 20.2 Å². The number of hydrogen-bond acceptors (Lipinski definition) is 1. The summed E-state index contributed by atoms with van der Waals surface area (Å²) in [6, 6.07) is 2.33. The minimum absolute atomic E-state index is 0.0384. The van der Waals surface area contributed by atoms with Crippen LogP contribution in [0.1, 0.15) is 49.8 Å². The fourth-order valence-electron chi connectivity index (χ4n) is 1.84. The third-order valence-corrected chi connectivity index (χ3v) is 2.70. The van der Waals surface area contributed by atoms with Gasteiger partial charge < -0.3 is 5.11 Å². The minimum atomic E-state index is -4.37. The highest BCUT2D eigenvalue weighted by atomic mass is 19.4. The van der Waals surface area contributed by atoms with E-state index in [9.17, 15) is 18.3 Å². The summed E-state index contributed by atoms with van der Waals surface area (Å²) < 4.78 is 38.6. The van der Waals surface area contributed by atoms with E-state index in [-0.39, 0.29) is 17.2 Å². The van der Waals surface area contributed by atoms with E-state index in [1.165, 1.54) is 6.07 Å². The number of halogens is 3. The van der Waals surface area contributed by atoms with Gasteiger partial charge in [-0.05, 0) is 35.6 Å². The SMILES string of the molecule is CCCc1cc(C(F)(F)F)c(C(C)C)cc1O. The van der Waals surface area contributed by atoms with Crippen LogP contribution in [-0.4, -0.2) is 5.11 Å². The summed E-state index contributed by atoms with van der Waals surface area (Å²) >= 11 is 0. The van der Waals surface area contributed by atoms with E-state index in [0.29, 0.717) is 18.4 Å². The van der Waals surface area contributed by atoms with Crippen molar-refractivity contribution in [2.24, 2.45) is 0 Å². The Balaban J connectivity index is 3.37. The average Bonchev–Trinajstić information content (AvgIpc) is 2.18. The average molecular weight is 246 g/mol. The number of aryl methyl sites for hydroxylation is 1. The molecule has 0 heterocycles. The van der Waals surface area contributed by atoms with Crippen molar-refractivity contribution >= 4 is 0 Å². The first-order valence-corrected chi connectivity index (χ1v) is 5.70. The van der Waals surface area contributed by atoms with Gasteiger partial charge in [0.15, 0.2) is 0 Å². The van der Waals surface area contributed by atoms with Gasteiger partial charge in [-0.2, -0.15) is 13.2 Å². The standard InChI is InChI=1S/C13H17F3O/c1-4-5-9-6-11(13(14,15)16)10(8(2)3)7-12(9)17/h6-8,17H,4-5H2,1-3H3. The summed E-state index contributed by atoms with van der Waals surface area (Å²) in [5.74, 6) is -0.309. The first-order valence-electron chi connectivity index (χ1n) is 5.70. The molecule has 0 atom stereocenters. The van der Waals surface area contributed by atoms with Gasteiger partial charge in [-0.15, -0.1) is 0 Å². The first kappa shape index (κ1) is 13.9. The quantitative estimate of drug-likeness (QED) is 0.833. The lowest BCUT2D eigenvalue weighted by atomic mass is 9.93. The second kappa shape index (κ2) is 4.98. The molecular weight excluding hydrogens is 229 g/mol. The van der Waals surface area contributed by atoms with E-state index in [0.717, 1.165) is 6.07 Å². The van der Waals surface area contributed by atoms with Gasteiger partial charge in [0.05, 0.1) is 5.56 Å². The summed E-state index contributed by atoms with van der Waals surface area (Å²) in [6.45, 7) is 5.23. The van der Waals surface area contributed by atoms with Gasteiger partial charge in [-0.1, -0.05) is 27.2 Å². The zero-order valence-corrected chi connectivity index (χ0v) is 10.2. The Hall–Kier alpha value is -1.19. The molecule has 4 heteroatoms. The van der Waals surface area contributed by atoms with Crippen LogP contribution in [0.25, 0.3) is 0 Å². The van der Waals surface area contributed by atoms with E-state index >= 15 is 0 Å². The second-order valence-electron chi connectivity index (χ2n) is 4.47.